The van der Waals surface area contributed by atoms with Crippen LogP contribution in [-0.2, 0) is 9.09 Å². The van der Waals surface area contributed by atoms with Crippen LogP contribution in [0.3, 0.4) is 0 Å². The molecule has 1 unspecified atom stereocenters. The summed E-state index contributed by atoms with van der Waals surface area (Å²) < 4.78 is 17.2. The number of benzene rings is 1. The Morgan fingerprint density at radius 3 is 2.64 bits per heavy atom. The molecule has 78 valence electrons. The van der Waals surface area contributed by atoms with Crippen LogP contribution in [0.15, 0.2) is 18.2 Å². The Morgan fingerprint density at radius 2 is 2.07 bits per heavy atom. The molecule has 0 bridgehead atoms. The SMILES string of the molecule is CCOP(C)(=O)c1cc(Cl)ccc1Cl. The van der Waals surface area contributed by atoms with Crippen LogP contribution in [0.25, 0.3) is 0 Å². The first-order valence-electron chi connectivity index (χ1n) is 4.15. The summed E-state index contributed by atoms with van der Waals surface area (Å²) in [6.07, 6.45) is 0. The summed E-state index contributed by atoms with van der Waals surface area (Å²) >= 11 is 11.7. The van der Waals surface area contributed by atoms with Gasteiger partial charge in [0.1, 0.15) is 0 Å². The third-order valence-electron chi connectivity index (χ3n) is 1.72. The van der Waals surface area contributed by atoms with Gasteiger partial charge in [0, 0.05) is 11.7 Å². The van der Waals surface area contributed by atoms with Crippen LogP contribution in [0.1, 0.15) is 6.92 Å². The molecule has 1 rings (SSSR count). The van der Waals surface area contributed by atoms with E-state index in [4.69, 9.17) is 27.7 Å². The second kappa shape index (κ2) is 4.67. The second-order valence-corrected chi connectivity index (χ2v) is 6.13. The number of halogens is 2. The maximum absolute atomic E-state index is 12.0. The average molecular weight is 253 g/mol. The van der Waals surface area contributed by atoms with Gasteiger partial charge >= 0.3 is 0 Å². The zero-order valence-electron chi connectivity index (χ0n) is 7.96. The normalized spacial score (nSPS) is 15.1. The van der Waals surface area contributed by atoms with Crippen molar-refractivity contribution < 1.29 is 9.09 Å². The minimum Gasteiger partial charge on any atom is -0.326 e. The van der Waals surface area contributed by atoms with E-state index in [0.717, 1.165) is 0 Å². The Morgan fingerprint density at radius 1 is 1.43 bits per heavy atom. The van der Waals surface area contributed by atoms with Gasteiger partial charge in [-0.15, -0.1) is 0 Å². The largest absolute Gasteiger partial charge is 0.326 e. The molecule has 0 aliphatic carbocycles. The van der Waals surface area contributed by atoms with Crippen molar-refractivity contribution in [1.29, 1.82) is 0 Å². The van der Waals surface area contributed by atoms with Gasteiger partial charge in [0.15, 0.2) is 0 Å². The first-order chi connectivity index (χ1) is 6.47. The van der Waals surface area contributed by atoms with Crippen LogP contribution in [0.4, 0.5) is 0 Å². The Labute approximate surface area is 93.6 Å². The fourth-order valence-corrected chi connectivity index (χ4v) is 3.41. The van der Waals surface area contributed by atoms with E-state index in [-0.39, 0.29) is 0 Å². The van der Waals surface area contributed by atoms with E-state index in [1.54, 1.807) is 25.1 Å². The summed E-state index contributed by atoms with van der Waals surface area (Å²) in [5.74, 6) is 0. The highest BCUT2D eigenvalue weighted by atomic mass is 35.5. The quantitative estimate of drug-likeness (QED) is 0.770. The van der Waals surface area contributed by atoms with Gasteiger partial charge in [-0.2, -0.15) is 0 Å². The molecule has 0 saturated heterocycles. The molecule has 1 aromatic rings. The van der Waals surface area contributed by atoms with E-state index in [1.807, 2.05) is 0 Å². The Kier molecular flexibility index (Phi) is 4.03. The molecule has 0 aromatic heterocycles. The molecule has 0 heterocycles. The molecule has 1 atom stereocenters. The molecule has 0 saturated carbocycles. The molecule has 1 aromatic carbocycles. The van der Waals surface area contributed by atoms with Crippen molar-refractivity contribution in [3.63, 3.8) is 0 Å². The second-order valence-electron chi connectivity index (χ2n) is 2.86. The third kappa shape index (κ3) is 2.74. The molecular formula is C9H11Cl2O2P. The average Bonchev–Trinajstić information content (AvgIpc) is 2.09. The number of hydrogen-bond donors (Lipinski definition) is 0. The monoisotopic (exact) mass is 252 g/mol. The summed E-state index contributed by atoms with van der Waals surface area (Å²) in [5, 5.41) is 1.41. The van der Waals surface area contributed by atoms with Gasteiger partial charge in [-0.05, 0) is 25.1 Å². The van der Waals surface area contributed by atoms with Gasteiger partial charge in [0.05, 0.1) is 16.9 Å². The molecule has 0 N–H and O–H groups in total. The van der Waals surface area contributed by atoms with E-state index in [2.05, 4.69) is 0 Å². The molecule has 0 amide bonds. The summed E-state index contributed by atoms with van der Waals surface area (Å²) in [6.45, 7) is 3.71. The van der Waals surface area contributed by atoms with Crippen molar-refractivity contribution in [2.75, 3.05) is 13.3 Å². The van der Waals surface area contributed by atoms with Crippen LogP contribution in [0.5, 0.6) is 0 Å². The van der Waals surface area contributed by atoms with Crippen molar-refractivity contribution >= 4 is 35.9 Å². The zero-order valence-corrected chi connectivity index (χ0v) is 10.4. The maximum Gasteiger partial charge on any atom is 0.230 e. The van der Waals surface area contributed by atoms with Gasteiger partial charge in [0.2, 0.25) is 7.37 Å². The lowest BCUT2D eigenvalue weighted by atomic mass is 10.4. The number of hydrogen-bond acceptors (Lipinski definition) is 2. The van der Waals surface area contributed by atoms with Gasteiger partial charge in [-0.3, -0.25) is 4.57 Å². The fraction of sp³-hybridized carbons (Fsp3) is 0.333. The summed E-state index contributed by atoms with van der Waals surface area (Å²) in [6, 6.07) is 4.86. The lowest BCUT2D eigenvalue weighted by Crippen LogP contribution is -2.08. The topological polar surface area (TPSA) is 26.3 Å². The van der Waals surface area contributed by atoms with Crippen molar-refractivity contribution in [2.24, 2.45) is 0 Å². The smallest absolute Gasteiger partial charge is 0.230 e. The predicted molar refractivity (Wildman–Crippen MR) is 61.3 cm³/mol. The highest BCUT2D eigenvalue weighted by Gasteiger charge is 2.21. The van der Waals surface area contributed by atoms with E-state index in [9.17, 15) is 4.57 Å². The molecule has 2 nitrogen and oxygen atoms in total. The van der Waals surface area contributed by atoms with Crippen LogP contribution >= 0.6 is 30.6 Å². The van der Waals surface area contributed by atoms with Crippen molar-refractivity contribution in [3.05, 3.63) is 28.2 Å². The summed E-state index contributed by atoms with van der Waals surface area (Å²) in [7, 11) is -2.83. The molecule has 0 spiro atoms. The van der Waals surface area contributed by atoms with Crippen LogP contribution in [0.2, 0.25) is 10.0 Å². The molecular weight excluding hydrogens is 242 g/mol. The molecule has 0 radical (unpaired) electrons. The summed E-state index contributed by atoms with van der Waals surface area (Å²) in [4.78, 5) is 0. The third-order valence-corrected chi connectivity index (χ3v) is 4.41. The molecule has 0 aliphatic heterocycles. The Balaban J connectivity index is 3.17. The minimum absolute atomic E-state index is 0.386. The van der Waals surface area contributed by atoms with Crippen molar-refractivity contribution in [1.82, 2.24) is 0 Å². The molecule has 0 fully saturated rings. The van der Waals surface area contributed by atoms with Gasteiger partial charge in [-0.1, -0.05) is 23.2 Å². The molecule has 5 heteroatoms. The zero-order chi connectivity index (χ0) is 10.8. The number of rotatable bonds is 3. The fourth-order valence-electron chi connectivity index (χ4n) is 1.11. The van der Waals surface area contributed by atoms with Gasteiger partial charge < -0.3 is 4.52 Å². The van der Waals surface area contributed by atoms with Crippen LogP contribution < -0.4 is 5.30 Å². The first-order valence-corrected chi connectivity index (χ1v) is 6.98. The van der Waals surface area contributed by atoms with Crippen molar-refractivity contribution in [3.8, 4) is 0 Å². The molecule has 14 heavy (non-hydrogen) atoms. The highest BCUT2D eigenvalue weighted by molar-refractivity contribution is 7.66. The minimum atomic E-state index is -2.83. The molecule has 0 aliphatic rings. The lowest BCUT2D eigenvalue weighted by molar-refractivity contribution is 0.345. The van der Waals surface area contributed by atoms with E-state index in [1.165, 1.54) is 6.66 Å². The van der Waals surface area contributed by atoms with E-state index >= 15 is 0 Å². The Bertz CT molecular complexity index is 379. The standard InChI is InChI=1S/C9H11Cl2O2P/c1-3-13-14(2,12)9-6-7(10)4-5-8(9)11/h4-6H,3H2,1-2H3. The van der Waals surface area contributed by atoms with Crippen LogP contribution in [-0.4, -0.2) is 13.3 Å². The van der Waals surface area contributed by atoms with Crippen LogP contribution in [0, 0.1) is 0 Å². The predicted octanol–water partition coefficient (Wildman–Crippen LogP) is 3.56. The van der Waals surface area contributed by atoms with Gasteiger partial charge in [-0.25, -0.2) is 0 Å². The van der Waals surface area contributed by atoms with E-state index < -0.39 is 7.37 Å². The first kappa shape index (κ1) is 12.1. The maximum atomic E-state index is 12.0. The summed E-state index contributed by atoms with van der Waals surface area (Å²) in [5.41, 5.74) is 0. The lowest BCUT2D eigenvalue weighted by Gasteiger charge is -2.14. The van der Waals surface area contributed by atoms with E-state index in [0.29, 0.717) is 22.0 Å². The Hall–Kier alpha value is -0.0100. The van der Waals surface area contributed by atoms with Crippen molar-refractivity contribution in [2.45, 2.75) is 6.92 Å². The van der Waals surface area contributed by atoms with Gasteiger partial charge in [0.25, 0.3) is 0 Å². The highest BCUT2D eigenvalue weighted by Crippen LogP contribution is 2.43.